The van der Waals surface area contributed by atoms with E-state index in [-0.39, 0.29) is 16.7 Å². The molecule has 0 radical (unpaired) electrons. The van der Waals surface area contributed by atoms with Gasteiger partial charge in [0.25, 0.3) is 11.7 Å². The van der Waals surface area contributed by atoms with Crippen molar-refractivity contribution in [2.75, 3.05) is 4.90 Å². The predicted molar refractivity (Wildman–Crippen MR) is 137 cm³/mol. The van der Waals surface area contributed by atoms with Gasteiger partial charge in [-0.3, -0.25) is 14.5 Å². The van der Waals surface area contributed by atoms with Crippen LogP contribution in [0.1, 0.15) is 61.6 Å². The molecule has 0 bridgehead atoms. The molecule has 1 aliphatic rings. The van der Waals surface area contributed by atoms with E-state index in [4.69, 9.17) is 0 Å². The highest BCUT2D eigenvalue weighted by molar-refractivity contribution is 6.51. The lowest BCUT2D eigenvalue weighted by molar-refractivity contribution is -0.132. The molecule has 0 spiro atoms. The van der Waals surface area contributed by atoms with E-state index in [0.29, 0.717) is 11.3 Å². The highest BCUT2D eigenvalue weighted by atomic mass is 16.3. The van der Waals surface area contributed by atoms with Gasteiger partial charge in [-0.05, 0) is 59.2 Å². The third-order valence-electron chi connectivity index (χ3n) is 6.54. The molecule has 1 fully saturated rings. The number of aliphatic hydroxyl groups is 1. The van der Waals surface area contributed by atoms with Crippen molar-refractivity contribution < 1.29 is 14.7 Å². The van der Waals surface area contributed by atoms with Crippen LogP contribution in [0, 0.1) is 6.92 Å². The number of hydrogen-bond donors (Lipinski definition) is 1. The van der Waals surface area contributed by atoms with Gasteiger partial charge >= 0.3 is 0 Å². The summed E-state index contributed by atoms with van der Waals surface area (Å²) in [6.07, 6.45) is 0.880. The van der Waals surface area contributed by atoms with Gasteiger partial charge in [-0.1, -0.05) is 82.3 Å². The minimum Gasteiger partial charge on any atom is -0.507 e. The van der Waals surface area contributed by atoms with Crippen molar-refractivity contribution in [2.45, 2.75) is 52.5 Å². The van der Waals surface area contributed by atoms with E-state index in [1.54, 1.807) is 0 Å². The molecular formula is C30H31NO3. The zero-order valence-corrected chi connectivity index (χ0v) is 20.4. The maximum absolute atomic E-state index is 13.4. The maximum atomic E-state index is 13.4. The molecule has 1 N–H and O–H groups in total. The van der Waals surface area contributed by atoms with Crippen molar-refractivity contribution >= 4 is 23.1 Å². The Labute approximate surface area is 201 Å². The lowest BCUT2D eigenvalue weighted by Crippen LogP contribution is -2.29. The van der Waals surface area contributed by atoms with E-state index in [1.807, 2.05) is 79.7 Å². The number of aliphatic hydroxyl groups excluding tert-OH is 1. The molecule has 0 aromatic heterocycles. The minimum absolute atomic E-state index is 0.116. The van der Waals surface area contributed by atoms with E-state index in [9.17, 15) is 14.7 Å². The number of anilines is 1. The number of amides is 1. The number of Topliss-reactive ketones (excluding diaryl/α,β-unsaturated/α-hetero) is 1. The maximum Gasteiger partial charge on any atom is 0.300 e. The first-order valence-corrected chi connectivity index (χ1v) is 11.7. The SMILES string of the molecule is CCc1ccc(N2C(=O)C(=O)/C(=C(/O)c3cc(C(C)(C)C)ccc3C)C2c2ccccc2)cc1. The van der Waals surface area contributed by atoms with Gasteiger partial charge in [0.1, 0.15) is 5.76 Å². The Kier molecular flexibility index (Phi) is 6.18. The summed E-state index contributed by atoms with van der Waals surface area (Å²) < 4.78 is 0. The van der Waals surface area contributed by atoms with Crippen LogP contribution in [0.4, 0.5) is 5.69 Å². The summed E-state index contributed by atoms with van der Waals surface area (Å²) in [5.74, 6) is -1.45. The molecule has 34 heavy (non-hydrogen) atoms. The molecule has 3 aromatic rings. The Morgan fingerprint density at radius 3 is 2.18 bits per heavy atom. The highest BCUT2D eigenvalue weighted by Crippen LogP contribution is 2.42. The predicted octanol–water partition coefficient (Wildman–Crippen LogP) is 6.48. The Balaban J connectivity index is 1.94. The first-order chi connectivity index (χ1) is 16.1. The number of aryl methyl sites for hydroxylation is 2. The standard InChI is InChI=1S/C30H31NO3/c1-6-20-13-16-23(17-14-20)31-26(21-10-8-7-9-11-21)25(28(33)29(31)34)27(32)24-18-22(30(3,4)5)15-12-19(24)2/h7-18,26,32H,6H2,1-5H3/b27-25+. The number of benzene rings is 3. The summed E-state index contributed by atoms with van der Waals surface area (Å²) in [6.45, 7) is 10.3. The van der Waals surface area contributed by atoms with Crippen molar-refractivity contribution in [1.29, 1.82) is 0 Å². The first kappa shape index (κ1) is 23.5. The van der Waals surface area contributed by atoms with Crippen molar-refractivity contribution in [1.82, 2.24) is 0 Å². The van der Waals surface area contributed by atoms with Gasteiger partial charge in [0, 0.05) is 11.3 Å². The van der Waals surface area contributed by atoms with E-state index < -0.39 is 17.7 Å². The van der Waals surface area contributed by atoms with E-state index >= 15 is 0 Å². The van der Waals surface area contributed by atoms with Gasteiger partial charge in [0.05, 0.1) is 11.6 Å². The lowest BCUT2D eigenvalue weighted by atomic mass is 9.84. The van der Waals surface area contributed by atoms with Crippen LogP contribution in [0.3, 0.4) is 0 Å². The zero-order chi connectivity index (χ0) is 24.6. The second-order valence-corrected chi connectivity index (χ2v) is 9.88. The molecule has 3 aromatic carbocycles. The molecule has 4 rings (SSSR count). The third kappa shape index (κ3) is 4.16. The van der Waals surface area contributed by atoms with Gasteiger partial charge in [-0.2, -0.15) is 0 Å². The topological polar surface area (TPSA) is 57.6 Å². The summed E-state index contributed by atoms with van der Waals surface area (Å²) in [6, 6.07) is 22.3. The number of hydrogen-bond acceptors (Lipinski definition) is 3. The van der Waals surface area contributed by atoms with Crippen LogP contribution in [0.15, 0.2) is 78.4 Å². The van der Waals surface area contributed by atoms with Crippen LogP contribution in [0.25, 0.3) is 5.76 Å². The molecular weight excluding hydrogens is 422 g/mol. The van der Waals surface area contributed by atoms with Crippen LogP contribution >= 0.6 is 0 Å². The first-order valence-electron chi connectivity index (χ1n) is 11.7. The van der Waals surface area contributed by atoms with Crippen LogP contribution in [0.2, 0.25) is 0 Å². The molecule has 1 saturated heterocycles. The molecule has 1 atom stereocenters. The largest absolute Gasteiger partial charge is 0.507 e. The van der Waals surface area contributed by atoms with Crippen LogP contribution in [-0.4, -0.2) is 16.8 Å². The van der Waals surface area contributed by atoms with E-state index in [1.165, 1.54) is 4.90 Å². The normalized spacial score (nSPS) is 17.9. The van der Waals surface area contributed by atoms with Crippen molar-refractivity contribution in [3.05, 3.63) is 106 Å². The van der Waals surface area contributed by atoms with Gasteiger partial charge in [0.15, 0.2) is 0 Å². The second-order valence-electron chi connectivity index (χ2n) is 9.88. The number of carbonyl (C=O) groups excluding carboxylic acids is 2. The average Bonchev–Trinajstić information content (AvgIpc) is 3.09. The molecule has 1 aliphatic heterocycles. The van der Waals surface area contributed by atoms with Gasteiger partial charge in [0.2, 0.25) is 0 Å². The van der Waals surface area contributed by atoms with Gasteiger partial charge in [-0.25, -0.2) is 0 Å². The minimum atomic E-state index is -0.716. The summed E-state index contributed by atoms with van der Waals surface area (Å²) in [4.78, 5) is 28.2. The van der Waals surface area contributed by atoms with Crippen molar-refractivity contribution in [3.63, 3.8) is 0 Å². The molecule has 0 saturated carbocycles. The highest BCUT2D eigenvalue weighted by Gasteiger charge is 2.47. The molecule has 4 nitrogen and oxygen atoms in total. The summed E-state index contributed by atoms with van der Waals surface area (Å²) in [5, 5.41) is 11.5. The van der Waals surface area contributed by atoms with Crippen molar-refractivity contribution in [2.24, 2.45) is 0 Å². The average molecular weight is 454 g/mol. The Morgan fingerprint density at radius 1 is 0.941 bits per heavy atom. The Hall–Kier alpha value is -3.66. The third-order valence-corrected chi connectivity index (χ3v) is 6.54. The molecule has 4 heteroatoms. The summed E-state index contributed by atoms with van der Waals surface area (Å²) in [5.41, 5.74) is 4.99. The molecule has 1 amide bonds. The van der Waals surface area contributed by atoms with Gasteiger partial charge < -0.3 is 5.11 Å². The van der Waals surface area contributed by atoms with E-state index in [2.05, 4.69) is 27.7 Å². The van der Waals surface area contributed by atoms with E-state index in [0.717, 1.165) is 28.7 Å². The number of rotatable bonds is 4. The smallest absolute Gasteiger partial charge is 0.300 e. The monoisotopic (exact) mass is 453 g/mol. The fourth-order valence-corrected chi connectivity index (χ4v) is 4.43. The Bertz CT molecular complexity index is 1260. The van der Waals surface area contributed by atoms with Crippen LogP contribution in [0.5, 0.6) is 0 Å². The Morgan fingerprint density at radius 2 is 1.59 bits per heavy atom. The fourth-order valence-electron chi connectivity index (χ4n) is 4.43. The molecule has 1 heterocycles. The summed E-state index contributed by atoms with van der Waals surface area (Å²) in [7, 11) is 0. The lowest BCUT2D eigenvalue weighted by Gasteiger charge is -2.26. The quantitative estimate of drug-likeness (QED) is 0.279. The van der Waals surface area contributed by atoms with Gasteiger partial charge in [-0.15, -0.1) is 0 Å². The number of nitrogens with zero attached hydrogens (tertiary/aromatic N) is 1. The molecule has 1 unspecified atom stereocenters. The van der Waals surface area contributed by atoms with Crippen molar-refractivity contribution in [3.8, 4) is 0 Å². The summed E-state index contributed by atoms with van der Waals surface area (Å²) >= 11 is 0. The number of carbonyl (C=O) groups is 2. The van der Waals surface area contributed by atoms with Crippen LogP contribution < -0.4 is 4.90 Å². The fraction of sp³-hybridized carbons (Fsp3) is 0.267. The zero-order valence-electron chi connectivity index (χ0n) is 20.4. The number of ketones is 1. The molecule has 0 aliphatic carbocycles. The second kappa shape index (κ2) is 8.94. The van der Waals surface area contributed by atoms with Crippen LogP contribution in [-0.2, 0) is 21.4 Å². The molecule has 174 valence electrons.